The molecule has 0 saturated heterocycles. The van der Waals surface area contributed by atoms with Crippen molar-refractivity contribution in [1.82, 2.24) is 5.32 Å². The van der Waals surface area contributed by atoms with Crippen molar-refractivity contribution < 1.29 is 13.2 Å². The van der Waals surface area contributed by atoms with Crippen molar-refractivity contribution in [3.05, 3.63) is 95.1 Å². The Hall–Kier alpha value is -3.12. The van der Waals surface area contributed by atoms with Gasteiger partial charge in [0.05, 0.1) is 16.6 Å². The molecule has 1 aliphatic rings. The molecule has 0 aliphatic heterocycles. The van der Waals surface area contributed by atoms with Gasteiger partial charge in [0.2, 0.25) is 0 Å². The Balaban J connectivity index is 1.45. The van der Waals surface area contributed by atoms with Crippen LogP contribution in [-0.4, -0.2) is 21.4 Å². The molecule has 6 heteroatoms. The molecule has 1 atom stereocenters. The molecular weight excluding hydrogens is 420 g/mol. The summed E-state index contributed by atoms with van der Waals surface area (Å²) in [6.45, 7) is 1.98. The number of aryl methyl sites for hydroxylation is 2. The standard InChI is InChI=1S/C26H28N2O3S/c1-19(22-13-12-20-8-6-7-9-23(20)18-22)27-26(29)21-14-16-24(17-15-21)28(2)32(30,31)25-10-4-3-5-11-25/h3-5,10-19H,6-9H2,1-2H3,(H,27,29)/t19-/m1/s1. The van der Waals surface area contributed by atoms with Crippen molar-refractivity contribution in [2.24, 2.45) is 0 Å². The van der Waals surface area contributed by atoms with E-state index in [4.69, 9.17) is 0 Å². The van der Waals surface area contributed by atoms with Gasteiger partial charge in [-0.25, -0.2) is 8.42 Å². The average molecular weight is 449 g/mol. The van der Waals surface area contributed by atoms with Crippen molar-refractivity contribution in [1.29, 1.82) is 0 Å². The molecule has 1 N–H and O–H groups in total. The average Bonchev–Trinajstić information content (AvgIpc) is 2.83. The zero-order chi connectivity index (χ0) is 22.7. The summed E-state index contributed by atoms with van der Waals surface area (Å²) in [6, 6.07) is 21.3. The molecule has 3 aromatic rings. The largest absolute Gasteiger partial charge is 0.346 e. The number of carbonyl (C=O) groups is 1. The number of carbonyl (C=O) groups excluding carboxylic acids is 1. The van der Waals surface area contributed by atoms with E-state index < -0.39 is 10.0 Å². The molecule has 0 fully saturated rings. The summed E-state index contributed by atoms with van der Waals surface area (Å²) in [5.74, 6) is -0.185. The van der Waals surface area contributed by atoms with Crippen molar-refractivity contribution in [3.8, 4) is 0 Å². The minimum absolute atomic E-state index is 0.115. The van der Waals surface area contributed by atoms with Gasteiger partial charge in [-0.1, -0.05) is 36.4 Å². The summed E-state index contributed by atoms with van der Waals surface area (Å²) in [7, 11) is -2.15. The maximum Gasteiger partial charge on any atom is 0.264 e. The van der Waals surface area contributed by atoms with Gasteiger partial charge in [-0.05, 0) is 85.7 Å². The molecule has 4 rings (SSSR count). The lowest BCUT2D eigenvalue weighted by atomic mass is 9.89. The lowest BCUT2D eigenvalue weighted by Crippen LogP contribution is -2.28. The second-order valence-corrected chi connectivity index (χ2v) is 10.2. The highest BCUT2D eigenvalue weighted by molar-refractivity contribution is 7.92. The van der Waals surface area contributed by atoms with Gasteiger partial charge in [0.15, 0.2) is 0 Å². The number of nitrogens with one attached hydrogen (secondary N) is 1. The lowest BCUT2D eigenvalue weighted by Gasteiger charge is -2.21. The van der Waals surface area contributed by atoms with E-state index in [0.29, 0.717) is 11.3 Å². The van der Waals surface area contributed by atoms with Crippen LogP contribution in [-0.2, 0) is 22.9 Å². The molecule has 0 spiro atoms. The number of hydrogen-bond acceptors (Lipinski definition) is 3. The molecule has 0 unspecified atom stereocenters. The molecule has 166 valence electrons. The number of hydrogen-bond donors (Lipinski definition) is 1. The number of benzene rings is 3. The van der Waals surface area contributed by atoms with Gasteiger partial charge in [-0.3, -0.25) is 9.10 Å². The number of fused-ring (bicyclic) bond motifs is 1. The van der Waals surface area contributed by atoms with E-state index in [0.717, 1.165) is 18.4 Å². The van der Waals surface area contributed by atoms with Gasteiger partial charge in [0.1, 0.15) is 0 Å². The molecule has 3 aromatic carbocycles. The number of nitrogens with zero attached hydrogens (tertiary/aromatic N) is 1. The normalized spacial score (nSPS) is 14.3. The van der Waals surface area contributed by atoms with Crippen molar-refractivity contribution in [2.75, 3.05) is 11.4 Å². The fourth-order valence-corrected chi connectivity index (χ4v) is 5.31. The van der Waals surface area contributed by atoms with Crippen molar-refractivity contribution >= 4 is 21.6 Å². The quantitative estimate of drug-likeness (QED) is 0.584. The Bertz CT molecular complexity index is 1210. The maximum absolute atomic E-state index is 12.8. The molecule has 0 saturated carbocycles. The second-order valence-electron chi connectivity index (χ2n) is 8.26. The molecular formula is C26H28N2O3S. The summed E-state index contributed by atoms with van der Waals surface area (Å²) in [5, 5.41) is 3.05. The van der Waals surface area contributed by atoms with Crippen LogP contribution in [0.4, 0.5) is 5.69 Å². The van der Waals surface area contributed by atoms with Crippen molar-refractivity contribution in [3.63, 3.8) is 0 Å². The highest BCUT2D eigenvalue weighted by atomic mass is 32.2. The van der Waals surface area contributed by atoms with Crippen LogP contribution >= 0.6 is 0 Å². The van der Waals surface area contributed by atoms with Gasteiger partial charge in [0, 0.05) is 12.6 Å². The van der Waals surface area contributed by atoms with E-state index in [-0.39, 0.29) is 16.8 Å². The molecule has 0 aromatic heterocycles. The predicted octanol–water partition coefficient (Wildman–Crippen LogP) is 4.88. The third kappa shape index (κ3) is 4.55. The van der Waals surface area contributed by atoms with Gasteiger partial charge < -0.3 is 5.32 Å². The first kappa shape index (κ1) is 22.1. The van der Waals surface area contributed by atoms with E-state index in [1.54, 1.807) is 54.6 Å². The molecule has 0 radical (unpaired) electrons. The second kappa shape index (κ2) is 9.17. The van der Waals surface area contributed by atoms with Crippen LogP contribution in [0.5, 0.6) is 0 Å². The van der Waals surface area contributed by atoms with Gasteiger partial charge >= 0.3 is 0 Å². The summed E-state index contributed by atoms with van der Waals surface area (Å²) in [6.07, 6.45) is 4.70. The fourth-order valence-electron chi connectivity index (χ4n) is 4.10. The topological polar surface area (TPSA) is 66.5 Å². The third-order valence-electron chi connectivity index (χ3n) is 6.11. The Morgan fingerprint density at radius 3 is 2.25 bits per heavy atom. The molecule has 0 heterocycles. The monoisotopic (exact) mass is 448 g/mol. The Morgan fingerprint density at radius 1 is 0.906 bits per heavy atom. The number of amides is 1. The van der Waals surface area contributed by atoms with E-state index in [9.17, 15) is 13.2 Å². The van der Waals surface area contributed by atoms with Gasteiger partial charge in [-0.15, -0.1) is 0 Å². The first-order valence-electron chi connectivity index (χ1n) is 10.9. The first-order chi connectivity index (χ1) is 15.4. The number of sulfonamides is 1. The smallest absolute Gasteiger partial charge is 0.264 e. The molecule has 32 heavy (non-hydrogen) atoms. The highest BCUT2D eigenvalue weighted by Crippen LogP contribution is 2.26. The van der Waals surface area contributed by atoms with Crippen LogP contribution in [0, 0.1) is 0 Å². The third-order valence-corrected chi connectivity index (χ3v) is 7.91. The first-order valence-corrected chi connectivity index (χ1v) is 12.4. The zero-order valence-corrected chi connectivity index (χ0v) is 19.2. The Morgan fingerprint density at radius 2 is 1.56 bits per heavy atom. The summed E-state index contributed by atoms with van der Waals surface area (Å²) >= 11 is 0. The van der Waals surface area contributed by atoms with E-state index in [2.05, 4.69) is 23.5 Å². The number of rotatable bonds is 6. The Kier molecular flexibility index (Phi) is 6.33. The van der Waals surface area contributed by atoms with E-state index >= 15 is 0 Å². The SMILES string of the molecule is C[C@@H](NC(=O)c1ccc(N(C)S(=O)(=O)c2ccccc2)cc1)c1ccc2c(c1)CCCC2. The van der Waals surface area contributed by atoms with E-state index in [1.165, 1.54) is 35.3 Å². The van der Waals surface area contributed by atoms with Crippen LogP contribution in [0.15, 0.2) is 77.7 Å². The molecule has 5 nitrogen and oxygen atoms in total. The summed E-state index contributed by atoms with van der Waals surface area (Å²) in [5.41, 5.74) is 4.90. The summed E-state index contributed by atoms with van der Waals surface area (Å²) in [4.78, 5) is 13.0. The minimum Gasteiger partial charge on any atom is -0.346 e. The molecule has 0 bridgehead atoms. The summed E-state index contributed by atoms with van der Waals surface area (Å²) < 4.78 is 26.8. The maximum atomic E-state index is 12.8. The predicted molar refractivity (Wildman–Crippen MR) is 127 cm³/mol. The van der Waals surface area contributed by atoms with Gasteiger partial charge in [0.25, 0.3) is 15.9 Å². The van der Waals surface area contributed by atoms with Crippen LogP contribution in [0.1, 0.15) is 52.9 Å². The fraction of sp³-hybridized carbons (Fsp3) is 0.269. The lowest BCUT2D eigenvalue weighted by molar-refractivity contribution is 0.0940. The zero-order valence-electron chi connectivity index (χ0n) is 18.4. The van der Waals surface area contributed by atoms with Crippen molar-refractivity contribution in [2.45, 2.75) is 43.5 Å². The minimum atomic E-state index is -3.66. The van der Waals surface area contributed by atoms with Crippen LogP contribution in [0.2, 0.25) is 0 Å². The van der Waals surface area contributed by atoms with Crippen LogP contribution in [0.3, 0.4) is 0 Å². The van der Waals surface area contributed by atoms with Gasteiger partial charge in [-0.2, -0.15) is 0 Å². The van der Waals surface area contributed by atoms with Crippen LogP contribution in [0.25, 0.3) is 0 Å². The Labute approximate surface area is 190 Å². The van der Waals surface area contributed by atoms with Crippen LogP contribution < -0.4 is 9.62 Å². The number of anilines is 1. The molecule has 1 aliphatic carbocycles. The molecule has 1 amide bonds. The van der Waals surface area contributed by atoms with E-state index in [1.807, 2.05) is 6.92 Å². The highest BCUT2D eigenvalue weighted by Gasteiger charge is 2.21.